The molecule has 0 atom stereocenters. The molecule has 0 bridgehead atoms. The molecule has 0 radical (unpaired) electrons. The van der Waals surface area contributed by atoms with Gasteiger partial charge in [-0.1, -0.05) is 42.5 Å². The van der Waals surface area contributed by atoms with Gasteiger partial charge in [-0.25, -0.2) is 9.97 Å². The molecule has 0 aliphatic heterocycles. The van der Waals surface area contributed by atoms with E-state index >= 15 is 0 Å². The van der Waals surface area contributed by atoms with E-state index in [1.165, 1.54) is 6.33 Å². The van der Waals surface area contributed by atoms with Crippen molar-refractivity contribution in [3.05, 3.63) is 78.4 Å². The van der Waals surface area contributed by atoms with Gasteiger partial charge in [0.05, 0.1) is 25.0 Å². The first-order chi connectivity index (χ1) is 13.2. The maximum atomic E-state index is 12.5. The SMILES string of the molecule is COc1cccc2cc(C(=O)NCc3cc(-c4ccccc4)ncn3)oc12. The van der Waals surface area contributed by atoms with E-state index in [9.17, 15) is 4.79 Å². The minimum absolute atomic E-state index is 0.229. The highest BCUT2D eigenvalue weighted by molar-refractivity contribution is 5.97. The highest BCUT2D eigenvalue weighted by Crippen LogP contribution is 2.28. The van der Waals surface area contributed by atoms with Gasteiger partial charge in [-0.05, 0) is 18.2 Å². The lowest BCUT2D eigenvalue weighted by atomic mass is 10.1. The molecule has 0 aliphatic rings. The van der Waals surface area contributed by atoms with Crippen molar-refractivity contribution < 1.29 is 13.9 Å². The molecule has 4 aromatic rings. The van der Waals surface area contributed by atoms with Gasteiger partial charge in [-0.15, -0.1) is 0 Å². The van der Waals surface area contributed by atoms with Gasteiger partial charge in [0.15, 0.2) is 17.1 Å². The lowest BCUT2D eigenvalue weighted by molar-refractivity contribution is 0.0924. The van der Waals surface area contributed by atoms with Gasteiger partial charge in [0.2, 0.25) is 0 Å². The summed E-state index contributed by atoms with van der Waals surface area (Å²) >= 11 is 0. The zero-order valence-electron chi connectivity index (χ0n) is 14.7. The van der Waals surface area contributed by atoms with Crippen LogP contribution >= 0.6 is 0 Å². The average Bonchev–Trinajstić information content (AvgIpc) is 3.17. The second-order valence-corrected chi connectivity index (χ2v) is 5.93. The molecular formula is C21H17N3O3. The van der Waals surface area contributed by atoms with Crippen molar-refractivity contribution in [2.45, 2.75) is 6.54 Å². The van der Waals surface area contributed by atoms with Gasteiger partial charge in [-0.2, -0.15) is 0 Å². The van der Waals surface area contributed by atoms with Crippen LogP contribution in [0.3, 0.4) is 0 Å². The van der Waals surface area contributed by atoms with Crippen LogP contribution in [0.2, 0.25) is 0 Å². The summed E-state index contributed by atoms with van der Waals surface area (Å²) in [6, 6.07) is 18.9. The fourth-order valence-corrected chi connectivity index (χ4v) is 2.83. The summed E-state index contributed by atoms with van der Waals surface area (Å²) in [4.78, 5) is 21.0. The fraction of sp³-hybridized carbons (Fsp3) is 0.0952. The molecule has 0 spiro atoms. The topological polar surface area (TPSA) is 77.2 Å². The molecule has 134 valence electrons. The van der Waals surface area contributed by atoms with Gasteiger partial charge in [0, 0.05) is 10.9 Å². The highest BCUT2D eigenvalue weighted by Gasteiger charge is 2.15. The van der Waals surface area contributed by atoms with E-state index in [1.54, 1.807) is 19.2 Å². The molecule has 1 N–H and O–H groups in total. The number of benzene rings is 2. The standard InChI is InChI=1S/C21H17N3O3/c1-26-18-9-5-8-15-10-19(27-20(15)18)21(25)22-12-16-11-17(24-13-23-16)14-6-3-2-4-7-14/h2-11,13H,12H2,1H3,(H,22,25). The van der Waals surface area contributed by atoms with Crippen molar-refractivity contribution >= 4 is 16.9 Å². The minimum atomic E-state index is -0.312. The number of ether oxygens (including phenoxy) is 1. The number of aromatic nitrogens is 2. The Labute approximate surface area is 155 Å². The van der Waals surface area contributed by atoms with E-state index in [-0.39, 0.29) is 18.2 Å². The Morgan fingerprint density at radius 3 is 2.74 bits per heavy atom. The van der Waals surface area contributed by atoms with E-state index < -0.39 is 0 Å². The van der Waals surface area contributed by atoms with Crippen molar-refractivity contribution in [3.8, 4) is 17.0 Å². The van der Waals surface area contributed by atoms with Crippen molar-refractivity contribution in [1.29, 1.82) is 0 Å². The summed E-state index contributed by atoms with van der Waals surface area (Å²) in [5.41, 5.74) is 3.07. The number of methoxy groups -OCH3 is 1. The third-order valence-corrected chi connectivity index (χ3v) is 4.18. The number of para-hydroxylation sites is 1. The number of fused-ring (bicyclic) bond motifs is 1. The Morgan fingerprint density at radius 1 is 1.07 bits per heavy atom. The zero-order valence-corrected chi connectivity index (χ0v) is 14.7. The number of furan rings is 1. The van der Waals surface area contributed by atoms with Gasteiger partial charge in [-0.3, -0.25) is 4.79 Å². The number of amides is 1. The molecule has 2 aromatic heterocycles. The third kappa shape index (κ3) is 3.50. The maximum Gasteiger partial charge on any atom is 0.287 e. The summed E-state index contributed by atoms with van der Waals surface area (Å²) < 4.78 is 10.9. The predicted octanol–water partition coefficient (Wildman–Crippen LogP) is 3.83. The van der Waals surface area contributed by atoms with E-state index in [2.05, 4.69) is 15.3 Å². The van der Waals surface area contributed by atoms with E-state index in [4.69, 9.17) is 9.15 Å². The van der Waals surface area contributed by atoms with Crippen LogP contribution < -0.4 is 10.1 Å². The molecule has 27 heavy (non-hydrogen) atoms. The van der Waals surface area contributed by atoms with Crippen molar-refractivity contribution in [2.75, 3.05) is 7.11 Å². The molecule has 2 aromatic carbocycles. The molecule has 0 fully saturated rings. The highest BCUT2D eigenvalue weighted by atomic mass is 16.5. The first kappa shape index (κ1) is 16.8. The summed E-state index contributed by atoms with van der Waals surface area (Å²) in [5, 5.41) is 3.64. The molecule has 0 unspecified atom stereocenters. The first-order valence-corrected chi connectivity index (χ1v) is 8.45. The Balaban J connectivity index is 1.50. The second-order valence-electron chi connectivity index (χ2n) is 5.93. The normalized spacial score (nSPS) is 10.7. The number of hydrogen-bond donors (Lipinski definition) is 1. The van der Waals surface area contributed by atoms with Crippen LogP contribution in [0.5, 0.6) is 5.75 Å². The molecule has 0 saturated heterocycles. The quantitative estimate of drug-likeness (QED) is 0.586. The minimum Gasteiger partial charge on any atom is -0.493 e. The molecule has 6 nitrogen and oxygen atoms in total. The smallest absolute Gasteiger partial charge is 0.287 e. The van der Waals surface area contributed by atoms with Gasteiger partial charge in [0.1, 0.15) is 6.33 Å². The monoisotopic (exact) mass is 359 g/mol. The number of carbonyl (C=O) groups excluding carboxylic acids is 1. The van der Waals surface area contributed by atoms with Crippen LogP contribution in [0.25, 0.3) is 22.2 Å². The number of nitrogens with one attached hydrogen (secondary N) is 1. The lowest BCUT2D eigenvalue weighted by Gasteiger charge is -2.05. The van der Waals surface area contributed by atoms with Gasteiger partial charge in [0.25, 0.3) is 5.91 Å². The summed E-state index contributed by atoms with van der Waals surface area (Å²) in [6.07, 6.45) is 1.50. The Hall–Kier alpha value is -3.67. The first-order valence-electron chi connectivity index (χ1n) is 8.45. The van der Waals surface area contributed by atoms with Gasteiger partial charge >= 0.3 is 0 Å². The number of hydrogen-bond acceptors (Lipinski definition) is 5. The molecular weight excluding hydrogens is 342 g/mol. The van der Waals surface area contributed by atoms with E-state index in [1.807, 2.05) is 48.5 Å². The third-order valence-electron chi connectivity index (χ3n) is 4.18. The molecule has 6 heteroatoms. The van der Waals surface area contributed by atoms with Crippen LogP contribution in [-0.2, 0) is 6.54 Å². The Kier molecular flexibility index (Phi) is 4.53. The van der Waals surface area contributed by atoms with E-state index in [0.29, 0.717) is 17.0 Å². The van der Waals surface area contributed by atoms with Crippen LogP contribution in [0.15, 0.2) is 71.4 Å². The van der Waals surface area contributed by atoms with Crippen LogP contribution in [0.4, 0.5) is 0 Å². The van der Waals surface area contributed by atoms with Crippen LogP contribution in [-0.4, -0.2) is 23.0 Å². The molecule has 0 aliphatic carbocycles. The lowest BCUT2D eigenvalue weighted by Crippen LogP contribution is -2.22. The number of rotatable bonds is 5. The molecule has 1 amide bonds. The average molecular weight is 359 g/mol. The molecule has 2 heterocycles. The Bertz CT molecular complexity index is 1090. The van der Waals surface area contributed by atoms with Gasteiger partial charge < -0.3 is 14.5 Å². The van der Waals surface area contributed by atoms with Crippen LogP contribution in [0, 0.1) is 0 Å². The largest absolute Gasteiger partial charge is 0.493 e. The van der Waals surface area contributed by atoms with E-state index in [0.717, 1.165) is 16.6 Å². The maximum absolute atomic E-state index is 12.5. The predicted molar refractivity (Wildman–Crippen MR) is 101 cm³/mol. The Morgan fingerprint density at radius 2 is 1.93 bits per heavy atom. The summed E-state index contributed by atoms with van der Waals surface area (Å²) in [6.45, 7) is 0.273. The number of carbonyl (C=O) groups is 1. The van der Waals surface area contributed by atoms with Crippen LogP contribution in [0.1, 0.15) is 16.2 Å². The summed E-state index contributed by atoms with van der Waals surface area (Å²) in [7, 11) is 1.57. The van der Waals surface area contributed by atoms with Crippen molar-refractivity contribution in [2.24, 2.45) is 0 Å². The van der Waals surface area contributed by atoms with Crippen molar-refractivity contribution in [1.82, 2.24) is 15.3 Å². The second kappa shape index (κ2) is 7.29. The zero-order chi connectivity index (χ0) is 18.6. The van der Waals surface area contributed by atoms with Crippen molar-refractivity contribution in [3.63, 3.8) is 0 Å². The fourth-order valence-electron chi connectivity index (χ4n) is 2.83. The summed E-state index contributed by atoms with van der Waals surface area (Å²) in [5.74, 6) is 0.509. The molecule has 0 saturated carbocycles. The number of nitrogens with zero attached hydrogens (tertiary/aromatic N) is 2. The molecule has 4 rings (SSSR count).